The maximum atomic E-state index is 12.3. The van der Waals surface area contributed by atoms with E-state index in [0.29, 0.717) is 6.61 Å². The van der Waals surface area contributed by atoms with Crippen LogP contribution in [0, 0.1) is 20.8 Å². The number of rotatable bonds is 5. The maximum Gasteiger partial charge on any atom is 0.293 e. The zero-order valence-corrected chi connectivity index (χ0v) is 14.0. The minimum atomic E-state index is -0.304. The number of carbonyl (C=O) groups excluding carboxylic acids is 1. The number of nitrogens with one attached hydrogen (secondary N) is 1. The van der Waals surface area contributed by atoms with E-state index in [1.165, 1.54) is 4.57 Å². The molecule has 0 saturated carbocycles. The number of aromatic nitrogens is 1. The lowest BCUT2D eigenvalue weighted by molar-refractivity contribution is -0.116. The van der Waals surface area contributed by atoms with E-state index in [4.69, 9.17) is 4.74 Å². The first-order chi connectivity index (χ1) is 10.9. The van der Waals surface area contributed by atoms with Crippen molar-refractivity contribution in [3.05, 3.63) is 57.5 Å². The largest absolute Gasteiger partial charge is 0.488 e. The highest BCUT2D eigenvalue weighted by Crippen LogP contribution is 2.21. The van der Waals surface area contributed by atoms with Gasteiger partial charge in [-0.05, 0) is 51.0 Å². The first kappa shape index (κ1) is 16.8. The summed E-state index contributed by atoms with van der Waals surface area (Å²) in [7, 11) is 0. The molecular weight excluding hydrogens is 292 g/mol. The average molecular weight is 314 g/mol. The molecule has 2 rings (SSSR count). The summed E-state index contributed by atoms with van der Waals surface area (Å²) in [6.07, 6.45) is 1.58. The summed E-state index contributed by atoms with van der Waals surface area (Å²) in [6.45, 7) is 8.10. The monoisotopic (exact) mass is 314 g/mol. The number of carbonyl (C=O) groups is 1. The SMILES string of the molecule is CCOc1cccn(CC(=O)Nc2c(C)cc(C)cc2C)c1=O. The fourth-order valence-electron chi connectivity index (χ4n) is 2.62. The third kappa shape index (κ3) is 4.00. The van der Waals surface area contributed by atoms with Crippen LogP contribution in [0.4, 0.5) is 5.69 Å². The van der Waals surface area contributed by atoms with Gasteiger partial charge in [-0.1, -0.05) is 17.7 Å². The van der Waals surface area contributed by atoms with Crippen molar-refractivity contribution in [2.75, 3.05) is 11.9 Å². The second kappa shape index (κ2) is 7.13. The lowest BCUT2D eigenvalue weighted by atomic mass is 10.1. The van der Waals surface area contributed by atoms with E-state index in [0.717, 1.165) is 22.4 Å². The fourth-order valence-corrected chi connectivity index (χ4v) is 2.62. The number of pyridine rings is 1. The van der Waals surface area contributed by atoms with E-state index in [2.05, 4.69) is 5.32 Å². The van der Waals surface area contributed by atoms with Gasteiger partial charge in [-0.2, -0.15) is 0 Å². The summed E-state index contributed by atoms with van der Waals surface area (Å²) in [5.41, 5.74) is 3.66. The predicted molar refractivity (Wildman–Crippen MR) is 91.2 cm³/mol. The number of ether oxygens (including phenoxy) is 1. The number of benzene rings is 1. The molecule has 0 atom stereocenters. The summed E-state index contributed by atoms with van der Waals surface area (Å²) in [5.74, 6) is 0.0151. The molecule has 5 nitrogen and oxygen atoms in total. The Morgan fingerprint density at radius 2 is 1.87 bits per heavy atom. The van der Waals surface area contributed by atoms with Gasteiger partial charge < -0.3 is 14.6 Å². The fraction of sp³-hybridized carbons (Fsp3) is 0.333. The Balaban J connectivity index is 2.18. The van der Waals surface area contributed by atoms with Crippen LogP contribution in [0.15, 0.2) is 35.3 Å². The van der Waals surface area contributed by atoms with Crippen molar-refractivity contribution in [1.29, 1.82) is 0 Å². The van der Waals surface area contributed by atoms with Gasteiger partial charge in [0.25, 0.3) is 5.56 Å². The summed E-state index contributed by atoms with van der Waals surface area (Å²) < 4.78 is 6.61. The number of hydrogen-bond acceptors (Lipinski definition) is 3. The molecule has 23 heavy (non-hydrogen) atoms. The van der Waals surface area contributed by atoms with E-state index in [1.54, 1.807) is 18.3 Å². The molecule has 0 aliphatic rings. The number of nitrogens with zero attached hydrogens (tertiary/aromatic N) is 1. The molecule has 0 aliphatic heterocycles. The van der Waals surface area contributed by atoms with Crippen molar-refractivity contribution in [2.45, 2.75) is 34.2 Å². The van der Waals surface area contributed by atoms with Crippen LogP contribution in [0.25, 0.3) is 0 Å². The van der Waals surface area contributed by atoms with E-state index >= 15 is 0 Å². The topological polar surface area (TPSA) is 60.3 Å². The smallest absolute Gasteiger partial charge is 0.293 e. The molecule has 2 aromatic rings. The summed E-state index contributed by atoms with van der Waals surface area (Å²) in [5, 5.41) is 2.89. The van der Waals surface area contributed by atoms with E-state index < -0.39 is 0 Å². The van der Waals surface area contributed by atoms with Crippen LogP contribution in [0.5, 0.6) is 5.75 Å². The number of aryl methyl sites for hydroxylation is 3. The number of hydrogen-bond donors (Lipinski definition) is 1. The van der Waals surface area contributed by atoms with Crippen LogP contribution in [0.1, 0.15) is 23.6 Å². The van der Waals surface area contributed by atoms with Crippen LogP contribution in [-0.2, 0) is 11.3 Å². The molecule has 1 aromatic heterocycles. The van der Waals surface area contributed by atoms with Crippen molar-refractivity contribution < 1.29 is 9.53 Å². The van der Waals surface area contributed by atoms with Gasteiger partial charge >= 0.3 is 0 Å². The van der Waals surface area contributed by atoms with Gasteiger partial charge in [0.05, 0.1) is 6.61 Å². The lowest BCUT2D eigenvalue weighted by Gasteiger charge is -2.14. The number of anilines is 1. The normalized spacial score (nSPS) is 10.4. The Morgan fingerprint density at radius 1 is 1.22 bits per heavy atom. The summed E-state index contributed by atoms with van der Waals surface area (Å²) in [4.78, 5) is 24.5. The van der Waals surface area contributed by atoms with Gasteiger partial charge in [-0.15, -0.1) is 0 Å². The molecular formula is C18H22N2O3. The zero-order valence-electron chi connectivity index (χ0n) is 14.0. The lowest BCUT2D eigenvalue weighted by Crippen LogP contribution is -2.28. The van der Waals surface area contributed by atoms with Crippen molar-refractivity contribution in [3.63, 3.8) is 0 Å². The molecule has 0 spiro atoms. The molecule has 1 aromatic carbocycles. The van der Waals surface area contributed by atoms with Crippen molar-refractivity contribution in [2.24, 2.45) is 0 Å². The Labute approximate surface area is 135 Å². The van der Waals surface area contributed by atoms with Crippen molar-refractivity contribution >= 4 is 11.6 Å². The molecule has 0 saturated heterocycles. The molecule has 0 bridgehead atoms. The van der Waals surface area contributed by atoms with Crippen molar-refractivity contribution in [3.8, 4) is 5.75 Å². The van der Waals surface area contributed by atoms with Gasteiger partial charge in [0.15, 0.2) is 5.75 Å². The second-order valence-electron chi connectivity index (χ2n) is 5.56. The minimum absolute atomic E-state index is 0.0491. The first-order valence-corrected chi connectivity index (χ1v) is 7.62. The average Bonchev–Trinajstić information content (AvgIpc) is 2.47. The standard InChI is InChI=1S/C18H22N2O3/c1-5-23-15-7-6-8-20(18(15)22)11-16(21)19-17-13(3)9-12(2)10-14(17)4/h6-10H,5,11H2,1-4H3,(H,19,21). The minimum Gasteiger partial charge on any atom is -0.488 e. The van der Waals surface area contributed by atoms with Gasteiger partial charge in [-0.3, -0.25) is 9.59 Å². The highest BCUT2D eigenvalue weighted by molar-refractivity contribution is 5.92. The van der Waals surface area contributed by atoms with E-state index in [-0.39, 0.29) is 23.8 Å². The molecule has 0 fully saturated rings. The predicted octanol–water partition coefficient (Wildman–Crippen LogP) is 2.81. The van der Waals surface area contributed by atoms with Crippen LogP contribution in [0.2, 0.25) is 0 Å². The second-order valence-corrected chi connectivity index (χ2v) is 5.56. The number of amides is 1. The molecule has 0 unspecified atom stereocenters. The first-order valence-electron chi connectivity index (χ1n) is 7.62. The molecule has 1 heterocycles. The molecule has 122 valence electrons. The van der Waals surface area contributed by atoms with Crippen LogP contribution < -0.4 is 15.6 Å². The Morgan fingerprint density at radius 3 is 2.48 bits per heavy atom. The third-order valence-corrected chi connectivity index (χ3v) is 3.54. The molecule has 0 aliphatic carbocycles. The van der Waals surface area contributed by atoms with Gasteiger partial charge in [0.2, 0.25) is 5.91 Å². The molecule has 5 heteroatoms. The molecule has 0 radical (unpaired) electrons. The van der Waals surface area contributed by atoms with E-state index in [9.17, 15) is 9.59 Å². The summed E-state index contributed by atoms with van der Waals surface area (Å²) in [6, 6.07) is 7.34. The Bertz CT molecular complexity index is 755. The van der Waals surface area contributed by atoms with Crippen molar-refractivity contribution in [1.82, 2.24) is 4.57 Å². The van der Waals surface area contributed by atoms with Crippen LogP contribution in [-0.4, -0.2) is 17.1 Å². The maximum absolute atomic E-state index is 12.3. The van der Waals surface area contributed by atoms with Crippen LogP contribution >= 0.6 is 0 Å². The van der Waals surface area contributed by atoms with Gasteiger partial charge in [0.1, 0.15) is 6.54 Å². The van der Waals surface area contributed by atoms with Gasteiger partial charge in [0, 0.05) is 11.9 Å². The highest BCUT2D eigenvalue weighted by Gasteiger charge is 2.11. The highest BCUT2D eigenvalue weighted by atomic mass is 16.5. The van der Waals surface area contributed by atoms with Gasteiger partial charge in [-0.25, -0.2) is 0 Å². The molecule has 1 amide bonds. The Kier molecular flexibility index (Phi) is 5.21. The quantitative estimate of drug-likeness (QED) is 0.923. The van der Waals surface area contributed by atoms with Crippen LogP contribution in [0.3, 0.4) is 0 Å². The zero-order chi connectivity index (χ0) is 17.0. The van der Waals surface area contributed by atoms with E-state index in [1.807, 2.05) is 39.8 Å². The summed E-state index contributed by atoms with van der Waals surface area (Å²) >= 11 is 0. The third-order valence-electron chi connectivity index (χ3n) is 3.54. The molecule has 1 N–H and O–H groups in total. The Hall–Kier alpha value is -2.56.